The molecular formula is C15H23N3O2S. The number of hydrogen-bond donors (Lipinski definition) is 3. The summed E-state index contributed by atoms with van der Waals surface area (Å²) in [5, 5.41) is 11.0. The van der Waals surface area contributed by atoms with Crippen molar-refractivity contribution in [2.24, 2.45) is 5.73 Å². The fraction of sp³-hybridized carbons (Fsp3) is 0.533. The number of ether oxygens (including phenoxy) is 1. The lowest BCUT2D eigenvalue weighted by Crippen LogP contribution is -2.36. The van der Waals surface area contributed by atoms with Gasteiger partial charge >= 0.3 is 0 Å². The van der Waals surface area contributed by atoms with Gasteiger partial charge in [0.1, 0.15) is 5.75 Å². The molecule has 1 aromatic carbocycles. The second-order valence-corrected chi connectivity index (χ2v) is 6.24. The van der Waals surface area contributed by atoms with Crippen LogP contribution in [0.1, 0.15) is 26.2 Å². The average molecular weight is 309 g/mol. The summed E-state index contributed by atoms with van der Waals surface area (Å²) in [4.78, 5) is 7.81. The highest BCUT2D eigenvalue weighted by Crippen LogP contribution is 2.25. The lowest BCUT2D eigenvalue weighted by molar-refractivity contribution is 0.0360. The van der Waals surface area contributed by atoms with Crippen molar-refractivity contribution in [2.45, 2.75) is 36.9 Å². The van der Waals surface area contributed by atoms with Gasteiger partial charge in [-0.3, -0.25) is 0 Å². The molecule has 0 saturated heterocycles. The number of aliphatic hydroxyl groups is 1. The average Bonchev–Trinajstić information content (AvgIpc) is 2.93. The van der Waals surface area contributed by atoms with Gasteiger partial charge in [-0.05, 0) is 31.4 Å². The van der Waals surface area contributed by atoms with E-state index in [2.05, 4.69) is 9.97 Å². The van der Waals surface area contributed by atoms with E-state index in [-0.39, 0.29) is 0 Å². The Morgan fingerprint density at radius 2 is 2.29 bits per heavy atom. The Morgan fingerprint density at radius 1 is 1.48 bits per heavy atom. The molecule has 0 fully saturated rings. The molecule has 21 heavy (non-hydrogen) atoms. The van der Waals surface area contributed by atoms with Crippen LogP contribution in [0, 0.1) is 0 Å². The highest BCUT2D eigenvalue weighted by atomic mass is 32.2. The molecule has 1 unspecified atom stereocenters. The molecule has 0 aliphatic rings. The maximum Gasteiger partial charge on any atom is 0.166 e. The van der Waals surface area contributed by atoms with E-state index >= 15 is 0 Å². The van der Waals surface area contributed by atoms with E-state index in [1.54, 1.807) is 18.9 Å². The van der Waals surface area contributed by atoms with Crippen molar-refractivity contribution in [3.05, 3.63) is 18.2 Å². The molecule has 0 saturated carbocycles. The molecule has 0 aliphatic carbocycles. The summed E-state index contributed by atoms with van der Waals surface area (Å²) in [7, 11) is 1.65. The number of nitrogens with one attached hydrogen (secondary N) is 1. The second kappa shape index (κ2) is 7.15. The zero-order valence-corrected chi connectivity index (χ0v) is 13.4. The Labute approximate surface area is 129 Å². The fourth-order valence-corrected chi connectivity index (χ4v) is 2.98. The minimum Gasteiger partial charge on any atom is -0.497 e. The number of fused-ring (bicyclic) bond motifs is 1. The number of methoxy groups -OCH3 is 1. The molecule has 0 aliphatic heterocycles. The third-order valence-corrected chi connectivity index (χ3v) is 4.69. The summed E-state index contributed by atoms with van der Waals surface area (Å²) in [5.41, 5.74) is 6.79. The molecule has 2 rings (SSSR count). The van der Waals surface area contributed by atoms with E-state index in [0.29, 0.717) is 13.0 Å². The first kappa shape index (κ1) is 16.1. The van der Waals surface area contributed by atoms with Crippen molar-refractivity contribution >= 4 is 22.8 Å². The van der Waals surface area contributed by atoms with Gasteiger partial charge in [0.05, 0.1) is 23.7 Å². The lowest BCUT2D eigenvalue weighted by Gasteiger charge is -2.24. The van der Waals surface area contributed by atoms with Gasteiger partial charge in [-0.15, -0.1) is 0 Å². The van der Waals surface area contributed by atoms with Crippen LogP contribution < -0.4 is 10.5 Å². The number of rotatable bonds is 8. The molecule has 5 nitrogen and oxygen atoms in total. The van der Waals surface area contributed by atoms with E-state index in [9.17, 15) is 5.11 Å². The van der Waals surface area contributed by atoms with Crippen LogP contribution in [0.3, 0.4) is 0 Å². The molecule has 4 N–H and O–H groups in total. The fourth-order valence-electron chi connectivity index (χ4n) is 2.15. The van der Waals surface area contributed by atoms with Crippen molar-refractivity contribution in [3.8, 4) is 5.75 Å². The highest BCUT2D eigenvalue weighted by Gasteiger charge is 2.21. The normalized spacial score (nSPS) is 14.3. The molecule has 0 radical (unpaired) electrons. The quantitative estimate of drug-likeness (QED) is 0.515. The summed E-state index contributed by atoms with van der Waals surface area (Å²) in [6.07, 6.45) is 2.33. The van der Waals surface area contributed by atoms with Crippen molar-refractivity contribution in [2.75, 3.05) is 19.4 Å². The number of aromatic amines is 1. The Bertz CT molecular complexity index is 581. The third kappa shape index (κ3) is 4.12. The van der Waals surface area contributed by atoms with Gasteiger partial charge in [-0.2, -0.15) is 0 Å². The zero-order valence-electron chi connectivity index (χ0n) is 12.6. The summed E-state index contributed by atoms with van der Waals surface area (Å²) >= 11 is 1.66. The number of imidazole rings is 1. The summed E-state index contributed by atoms with van der Waals surface area (Å²) in [5.74, 6) is 1.72. The van der Waals surface area contributed by atoms with Crippen molar-refractivity contribution in [1.82, 2.24) is 9.97 Å². The van der Waals surface area contributed by atoms with Gasteiger partial charge in [-0.1, -0.05) is 18.7 Å². The van der Waals surface area contributed by atoms with Crippen molar-refractivity contribution in [1.29, 1.82) is 0 Å². The van der Waals surface area contributed by atoms with Crippen LogP contribution in [0.15, 0.2) is 23.4 Å². The maximum absolute atomic E-state index is 10.1. The molecule has 2 aromatic rings. The molecule has 0 bridgehead atoms. The largest absolute Gasteiger partial charge is 0.497 e. The second-order valence-electron chi connectivity index (χ2n) is 5.16. The van der Waals surface area contributed by atoms with Gasteiger partial charge in [0, 0.05) is 18.4 Å². The van der Waals surface area contributed by atoms with Crippen LogP contribution in [0.2, 0.25) is 0 Å². The molecular weight excluding hydrogens is 286 g/mol. The first-order valence-electron chi connectivity index (χ1n) is 7.19. The molecule has 1 atom stereocenters. The van der Waals surface area contributed by atoms with Gasteiger partial charge in [0.15, 0.2) is 5.16 Å². The molecule has 1 aromatic heterocycles. The number of aromatic nitrogens is 2. The number of benzene rings is 1. The van der Waals surface area contributed by atoms with Crippen molar-refractivity contribution in [3.63, 3.8) is 0 Å². The SMILES string of the molecule is CCC(O)(CN)CCCSc1nc2ccc(OC)cc2[nH]1. The first-order chi connectivity index (χ1) is 10.1. The number of H-pyrrole nitrogens is 1. The van der Waals surface area contributed by atoms with Gasteiger partial charge in [-0.25, -0.2) is 4.98 Å². The van der Waals surface area contributed by atoms with Crippen LogP contribution >= 0.6 is 11.8 Å². The molecule has 0 spiro atoms. The molecule has 116 valence electrons. The van der Waals surface area contributed by atoms with E-state index in [1.165, 1.54) is 0 Å². The monoisotopic (exact) mass is 309 g/mol. The number of nitrogens with two attached hydrogens (primary N) is 1. The topological polar surface area (TPSA) is 84.2 Å². The summed E-state index contributed by atoms with van der Waals surface area (Å²) < 4.78 is 5.20. The van der Waals surface area contributed by atoms with Crippen LogP contribution in [-0.2, 0) is 0 Å². The van der Waals surface area contributed by atoms with Crippen molar-refractivity contribution < 1.29 is 9.84 Å². The van der Waals surface area contributed by atoms with Gasteiger partial charge < -0.3 is 20.6 Å². The molecule has 1 heterocycles. The third-order valence-electron chi connectivity index (χ3n) is 3.73. The van der Waals surface area contributed by atoms with Crippen LogP contribution in [-0.4, -0.2) is 40.1 Å². The van der Waals surface area contributed by atoms with E-state index < -0.39 is 5.60 Å². The van der Waals surface area contributed by atoms with Gasteiger partial charge in [0.25, 0.3) is 0 Å². The molecule has 0 amide bonds. The van der Waals surface area contributed by atoms with E-state index in [0.717, 1.165) is 40.5 Å². The Morgan fingerprint density at radius 3 is 2.95 bits per heavy atom. The minimum atomic E-state index is -0.720. The summed E-state index contributed by atoms with van der Waals surface area (Å²) in [6.45, 7) is 2.28. The lowest BCUT2D eigenvalue weighted by atomic mass is 9.95. The standard InChI is InChI=1S/C15H23N3O2S/c1-3-15(19,10-16)7-4-8-21-14-17-12-6-5-11(20-2)9-13(12)18-14/h5-6,9,19H,3-4,7-8,10,16H2,1-2H3,(H,17,18). The minimum absolute atomic E-state index is 0.318. The highest BCUT2D eigenvalue weighted by molar-refractivity contribution is 7.99. The predicted molar refractivity (Wildman–Crippen MR) is 86.9 cm³/mol. The number of thioether (sulfide) groups is 1. The van der Waals surface area contributed by atoms with Crippen LogP contribution in [0.5, 0.6) is 5.75 Å². The maximum atomic E-state index is 10.1. The van der Waals surface area contributed by atoms with Crippen LogP contribution in [0.4, 0.5) is 0 Å². The first-order valence-corrected chi connectivity index (χ1v) is 8.18. The van der Waals surface area contributed by atoms with E-state index in [1.807, 2.05) is 25.1 Å². The van der Waals surface area contributed by atoms with E-state index in [4.69, 9.17) is 10.5 Å². The van der Waals surface area contributed by atoms with Crippen LogP contribution in [0.25, 0.3) is 11.0 Å². The Hall–Kier alpha value is -1.24. The smallest absolute Gasteiger partial charge is 0.166 e. The number of hydrogen-bond acceptors (Lipinski definition) is 5. The Kier molecular flexibility index (Phi) is 5.50. The summed E-state index contributed by atoms with van der Waals surface area (Å²) in [6, 6.07) is 5.79. The molecule has 6 heteroatoms. The number of nitrogens with zero attached hydrogens (tertiary/aromatic N) is 1. The predicted octanol–water partition coefficient (Wildman–Crippen LogP) is 2.54. The Balaban J connectivity index is 1.89. The zero-order chi connectivity index (χ0) is 15.3. The van der Waals surface area contributed by atoms with Gasteiger partial charge in [0.2, 0.25) is 0 Å².